The van der Waals surface area contributed by atoms with Gasteiger partial charge in [-0.1, -0.05) is 0 Å². The summed E-state index contributed by atoms with van der Waals surface area (Å²) < 4.78 is 0. The first-order valence-corrected chi connectivity index (χ1v) is 3.84. The third-order valence-electron chi connectivity index (χ3n) is 1.98. The summed E-state index contributed by atoms with van der Waals surface area (Å²) in [6.45, 7) is 3.30. The topological polar surface area (TPSA) is 38.0 Å². The van der Waals surface area contributed by atoms with E-state index >= 15 is 0 Å². The minimum Gasteiger partial charge on any atom is -0.330 e. The Morgan fingerprint density at radius 1 is 1.56 bits per heavy atom. The molecule has 0 spiro atoms. The molecule has 0 aliphatic carbocycles. The van der Waals surface area contributed by atoms with E-state index in [0.717, 1.165) is 12.5 Å². The molecule has 9 heavy (non-hydrogen) atoms. The van der Waals surface area contributed by atoms with Crippen molar-refractivity contribution in [3.63, 3.8) is 0 Å². The molecule has 1 aliphatic rings. The van der Waals surface area contributed by atoms with E-state index in [4.69, 9.17) is 5.73 Å². The zero-order valence-corrected chi connectivity index (χ0v) is 5.90. The van der Waals surface area contributed by atoms with E-state index in [9.17, 15) is 0 Å². The third-order valence-corrected chi connectivity index (χ3v) is 1.98. The molecule has 0 saturated carbocycles. The van der Waals surface area contributed by atoms with Crippen LogP contribution in [0.4, 0.5) is 0 Å². The Labute approximate surface area is 56.8 Å². The summed E-state index contributed by atoms with van der Waals surface area (Å²) in [5, 5.41) is 3.34. The van der Waals surface area contributed by atoms with Crippen molar-refractivity contribution in [1.29, 1.82) is 0 Å². The molecule has 0 aromatic rings. The second kappa shape index (κ2) is 3.85. The first-order chi connectivity index (χ1) is 4.43. The zero-order chi connectivity index (χ0) is 6.53. The molecular weight excluding hydrogens is 112 g/mol. The maximum Gasteiger partial charge on any atom is -0.00200 e. The van der Waals surface area contributed by atoms with E-state index < -0.39 is 0 Å². The highest BCUT2D eigenvalue weighted by Crippen LogP contribution is 2.12. The van der Waals surface area contributed by atoms with Crippen molar-refractivity contribution in [1.82, 2.24) is 5.32 Å². The molecule has 1 atom stereocenters. The van der Waals surface area contributed by atoms with E-state index in [2.05, 4.69) is 5.32 Å². The average Bonchev–Trinajstić information content (AvgIpc) is 2.34. The van der Waals surface area contributed by atoms with Gasteiger partial charge >= 0.3 is 0 Å². The Morgan fingerprint density at radius 3 is 3.00 bits per heavy atom. The van der Waals surface area contributed by atoms with Crippen molar-refractivity contribution in [2.24, 2.45) is 11.7 Å². The van der Waals surface area contributed by atoms with Crippen LogP contribution in [-0.4, -0.2) is 19.6 Å². The lowest BCUT2D eigenvalue weighted by Crippen LogP contribution is -2.10. The maximum atomic E-state index is 5.39. The standard InChI is InChI=1S/C7H16N2/c8-4-1-2-7-3-5-9-6-7/h7,9H,1-6,8H2. The summed E-state index contributed by atoms with van der Waals surface area (Å²) in [5.41, 5.74) is 5.39. The minimum atomic E-state index is 0.858. The highest BCUT2D eigenvalue weighted by molar-refractivity contribution is 4.70. The van der Waals surface area contributed by atoms with Crippen LogP contribution in [0.15, 0.2) is 0 Å². The van der Waals surface area contributed by atoms with Crippen molar-refractivity contribution in [2.75, 3.05) is 19.6 Å². The maximum absolute atomic E-state index is 5.39. The van der Waals surface area contributed by atoms with Crippen molar-refractivity contribution < 1.29 is 0 Å². The van der Waals surface area contributed by atoms with Gasteiger partial charge in [-0.25, -0.2) is 0 Å². The van der Waals surface area contributed by atoms with Crippen molar-refractivity contribution in [3.8, 4) is 0 Å². The Bertz CT molecular complexity index is 67.3. The molecule has 0 aromatic heterocycles. The number of hydrogen-bond donors (Lipinski definition) is 2. The first kappa shape index (κ1) is 7.03. The molecule has 54 valence electrons. The second-order valence-corrected chi connectivity index (χ2v) is 2.79. The quantitative estimate of drug-likeness (QED) is 0.575. The average molecular weight is 128 g/mol. The normalized spacial score (nSPS) is 27.0. The lowest BCUT2D eigenvalue weighted by atomic mass is 10.0. The number of hydrogen-bond acceptors (Lipinski definition) is 2. The summed E-state index contributed by atoms with van der Waals surface area (Å²) in [5.74, 6) is 0.925. The van der Waals surface area contributed by atoms with Gasteiger partial charge in [-0.3, -0.25) is 0 Å². The highest BCUT2D eigenvalue weighted by atomic mass is 14.9. The van der Waals surface area contributed by atoms with Crippen LogP contribution in [0.1, 0.15) is 19.3 Å². The molecule has 0 radical (unpaired) electrons. The van der Waals surface area contributed by atoms with E-state index in [1.165, 1.54) is 32.4 Å². The van der Waals surface area contributed by atoms with Crippen LogP contribution < -0.4 is 11.1 Å². The summed E-state index contributed by atoms with van der Waals surface area (Å²) in [6, 6.07) is 0. The van der Waals surface area contributed by atoms with Gasteiger partial charge < -0.3 is 11.1 Å². The zero-order valence-electron chi connectivity index (χ0n) is 5.90. The highest BCUT2D eigenvalue weighted by Gasteiger charge is 2.12. The molecule has 0 amide bonds. The summed E-state index contributed by atoms with van der Waals surface area (Å²) >= 11 is 0. The molecule has 1 saturated heterocycles. The predicted molar refractivity (Wildman–Crippen MR) is 39.3 cm³/mol. The van der Waals surface area contributed by atoms with Crippen molar-refractivity contribution >= 4 is 0 Å². The first-order valence-electron chi connectivity index (χ1n) is 3.84. The molecule has 2 heteroatoms. The van der Waals surface area contributed by atoms with Crippen molar-refractivity contribution in [3.05, 3.63) is 0 Å². The third kappa shape index (κ3) is 2.33. The summed E-state index contributed by atoms with van der Waals surface area (Å²) in [4.78, 5) is 0. The Kier molecular flexibility index (Phi) is 3.01. The van der Waals surface area contributed by atoms with Gasteiger partial charge in [-0.05, 0) is 44.8 Å². The second-order valence-electron chi connectivity index (χ2n) is 2.79. The molecule has 1 heterocycles. The minimum absolute atomic E-state index is 0.858. The monoisotopic (exact) mass is 128 g/mol. The van der Waals surface area contributed by atoms with Crippen LogP contribution in [0.25, 0.3) is 0 Å². The van der Waals surface area contributed by atoms with Crippen LogP contribution >= 0.6 is 0 Å². The SMILES string of the molecule is NCCCC1CCNC1. The van der Waals surface area contributed by atoms with E-state index in [1.807, 2.05) is 0 Å². The molecule has 0 bridgehead atoms. The van der Waals surface area contributed by atoms with Crippen LogP contribution in [0.2, 0.25) is 0 Å². The fourth-order valence-electron chi connectivity index (χ4n) is 1.37. The molecule has 2 nitrogen and oxygen atoms in total. The number of nitrogens with two attached hydrogens (primary N) is 1. The van der Waals surface area contributed by atoms with Crippen LogP contribution in [-0.2, 0) is 0 Å². The fourth-order valence-corrected chi connectivity index (χ4v) is 1.37. The summed E-state index contributed by atoms with van der Waals surface area (Å²) in [6.07, 6.45) is 3.88. The van der Waals surface area contributed by atoms with Crippen LogP contribution in [0, 0.1) is 5.92 Å². The van der Waals surface area contributed by atoms with Gasteiger partial charge in [0, 0.05) is 0 Å². The molecule has 3 N–H and O–H groups in total. The molecule has 1 aliphatic heterocycles. The van der Waals surface area contributed by atoms with Gasteiger partial charge in [0.25, 0.3) is 0 Å². The van der Waals surface area contributed by atoms with Gasteiger partial charge in [0.2, 0.25) is 0 Å². The summed E-state index contributed by atoms with van der Waals surface area (Å²) in [7, 11) is 0. The number of nitrogens with one attached hydrogen (secondary N) is 1. The van der Waals surface area contributed by atoms with Crippen molar-refractivity contribution in [2.45, 2.75) is 19.3 Å². The van der Waals surface area contributed by atoms with Crippen LogP contribution in [0.5, 0.6) is 0 Å². The van der Waals surface area contributed by atoms with Crippen LogP contribution in [0.3, 0.4) is 0 Å². The smallest absolute Gasteiger partial charge is 0.00200 e. The number of rotatable bonds is 3. The molecule has 0 aromatic carbocycles. The van der Waals surface area contributed by atoms with Gasteiger partial charge in [-0.2, -0.15) is 0 Å². The molecular formula is C7H16N2. The molecule has 1 fully saturated rings. The Hall–Kier alpha value is -0.0800. The van der Waals surface area contributed by atoms with Gasteiger partial charge in [0.05, 0.1) is 0 Å². The van der Waals surface area contributed by atoms with Gasteiger partial charge in [-0.15, -0.1) is 0 Å². The lowest BCUT2D eigenvalue weighted by Gasteiger charge is -2.04. The fraction of sp³-hybridized carbons (Fsp3) is 1.00. The largest absolute Gasteiger partial charge is 0.330 e. The Balaban J connectivity index is 1.98. The lowest BCUT2D eigenvalue weighted by molar-refractivity contribution is 0.514. The van der Waals surface area contributed by atoms with E-state index in [1.54, 1.807) is 0 Å². The predicted octanol–water partition coefficient (Wildman–Crippen LogP) is 0.335. The molecule has 1 rings (SSSR count). The van der Waals surface area contributed by atoms with E-state index in [-0.39, 0.29) is 0 Å². The van der Waals surface area contributed by atoms with Gasteiger partial charge in [0.1, 0.15) is 0 Å². The molecule has 1 unspecified atom stereocenters. The Morgan fingerprint density at radius 2 is 2.44 bits per heavy atom. The van der Waals surface area contributed by atoms with Gasteiger partial charge in [0.15, 0.2) is 0 Å². The van der Waals surface area contributed by atoms with E-state index in [0.29, 0.717) is 0 Å².